The maximum Gasteiger partial charge on any atom is 0.242 e. The van der Waals surface area contributed by atoms with Crippen molar-refractivity contribution in [2.24, 2.45) is 0 Å². The predicted molar refractivity (Wildman–Crippen MR) is 140 cm³/mol. The molecule has 6 heteroatoms. The Hall–Kier alpha value is -4.21. The summed E-state index contributed by atoms with van der Waals surface area (Å²) < 4.78 is 0. The van der Waals surface area contributed by atoms with Crippen molar-refractivity contribution in [3.63, 3.8) is 0 Å². The molecule has 0 spiro atoms. The Kier molecular flexibility index (Phi) is 6.66. The quantitative estimate of drug-likeness (QED) is 0.399. The normalized spacial score (nSPS) is 16.1. The summed E-state index contributed by atoms with van der Waals surface area (Å²) in [6.45, 7) is 4.75. The molecule has 2 atom stereocenters. The highest BCUT2D eigenvalue weighted by atomic mass is 16.2. The molecule has 3 aromatic carbocycles. The van der Waals surface area contributed by atoms with Crippen molar-refractivity contribution in [3.05, 3.63) is 118 Å². The summed E-state index contributed by atoms with van der Waals surface area (Å²) in [7, 11) is 0. The van der Waals surface area contributed by atoms with Crippen LogP contribution in [0.2, 0.25) is 0 Å². The van der Waals surface area contributed by atoms with Gasteiger partial charge in [-0.15, -0.1) is 0 Å². The summed E-state index contributed by atoms with van der Waals surface area (Å²) in [6, 6.07) is 23.8. The van der Waals surface area contributed by atoms with E-state index in [1.165, 1.54) is 11.1 Å². The largest absolute Gasteiger partial charge is 0.347 e. The Morgan fingerprint density at radius 2 is 1.89 bits per heavy atom. The van der Waals surface area contributed by atoms with Gasteiger partial charge in [0.2, 0.25) is 5.91 Å². The first kappa shape index (κ1) is 23.5. The molecular formula is C30H29N5O. The molecule has 0 saturated carbocycles. The van der Waals surface area contributed by atoms with E-state index in [-0.39, 0.29) is 18.0 Å². The molecule has 5 rings (SSSR count). The SMILES string of the molecule is Cc1cccc(NC(=O)[C@H]2Cc3ccccc3CN2C(Cc2ccc(C#N)cc2)c2cnc[nH]2)c1C. The standard InChI is InChI=1S/C30H29N5O/c1-20-6-5-9-26(21(20)2)34-30(36)29-15-24-7-3-4-8-25(24)18-35(29)28(27-17-32-19-33-27)14-22-10-12-23(16-31)13-11-22/h3-13,17,19,28-29H,14-15,18H2,1-2H3,(H,32,33)(H,34,36)/t28?,29-/m1/s1. The maximum absolute atomic E-state index is 13.8. The number of H-pyrrole nitrogens is 1. The van der Waals surface area contributed by atoms with Crippen molar-refractivity contribution in [1.29, 1.82) is 5.26 Å². The third-order valence-corrected chi connectivity index (χ3v) is 7.24. The van der Waals surface area contributed by atoms with Crippen molar-refractivity contribution in [2.75, 3.05) is 5.32 Å². The first-order valence-corrected chi connectivity index (χ1v) is 12.2. The van der Waals surface area contributed by atoms with E-state index in [9.17, 15) is 10.1 Å². The number of aromatic nitrogens is 2. The number of anilines is 1. The molecule has 0 radical (unpaired) electrons. The van der Waals surface area contributed by atoms with Gasteiger partial charge in [-0.25, -0.2) is 4.98 Å². The van der Waals surface area contributed by atoms with Gasteiger partial charge in [0.1, 0.15) is 0 Å². The molecule has 0 fully saturated rings. The van der Waals surface area contributed by atoms with Gasteiger partial charge in [-0.05, 0) is 72.7 Å². The van der Waals surface area contributed by atoms with Crippen molar-refractivity contribution in [3.8, 4) is 6.07 Å². The average molecular weight is 476 g/mol. The van der Waals surface area contributed by atoms with Gasteiger partial charge in [0.15, 0.2) is 0 Å². The lowest BCUT2D eigenvalue weighted by atomic mass is 9.89. The van der Waals surface area contributed by atoms with Gasteiger partial charge in [0, 0.05) is 18.4 Å². The number of carbonyl (C=O) groups is 1. The Labute approximate surface area is 211 Å². The number of fused-ring (bicyclic) bond motifs is 1. The minimum absolute atomic E-state index is 0.0115. The van der Waals surface area contributed by atoms with Crippen LogP contribution in [0.5, 0.6) is 0 Å². The number of imidazole rings is 1. The molecule has 2 N–H and O–H groups in total. The van der Waals surface area contributed by atoms with E-state index < -0.39 is 0 Å². The molecule has 1 amide bonds. The summed E-state index contributed by atoms with van der Waals surface area (Å²) in [5.74, 6) is -0.0115. The Bertz CT molecular complexity index is 1400. The average Bonchev–Trinajstić information content (AvgIpc) is 3.44. The summed E-state index contributed by atoms with van der Waals surface area (Å²) in [4.78, 5) is 23.7. The molecule has 0 bridgehead atoms. The van der Waals surface area contributed by atoms with Crippen LogP contribution in [0, 0.1) is 25.2 Å². The second-order valence-corrected chi connectivity index (χ2v) is 9.43. The molecule has 4 aromatic rings. The summed E-state index contributed by atoms with van der Waals surface area (Å²) in [5.41, 5.74) is 8.21. The third kappa shape index (κ3) is 4.79. The van der Waals surface area contributed by atoms with Crippen LogP contribution in [-0.2, 0) is 24.2 Å². The highest BCUT2D eigenvalue weighted by molar-refractivity contribution is 5.96. The maximum atomic E-state index is 13.8. The molecule has 180 valence electrons. The van der Waals surface area contributed by atoms with Crippen LogP contribution < -0.4 is 5.32 Å². The number of rotatable bonds is 6. The van der Waals surface area contributed by atoms with Crippen molar-refractivity contribution < 1.29 is 4.79 Å². The first-order chi connectivity index (χ1) is 17.5. The van der Waals surface area contributed by atoms with E-state index in [0.717, 1.165) is 28.1 Å². The van der Waals surface area contributed by atoms with E-state index in [2.05, 4.69) is 57.4 Å². The number of carbonyl (C=O) groups excluding carboxylic acids is 1. The molecule has 6 nitrogen and oxygen atoms in total. The lowest BCUT2D eigenvalue weighted by Crippen LogP contribution is -2.50. The number of amides is 1. The lowest BCUT2D eigenvalue weighted by molar-refractivity contribution is -0.123. The number of nitrogens with one attached hydrogen (secondary N) is 2. The molecular weight excluding hydrogens is 446 g/mol. The van der Waals surface area contributed by atoms with Gasteiger partial charge in [0.05, 0.1) is 35.7 Å². The molecule has 1 aromatic heterocycles. The van der Waals surface area contributed by atoms with Crippen molar-refractivity contribution in [1.82, 2.24) is 14.9 Å². The Balaban J connectivity index is 1.51. The molecule has 1 aliphatic heterocycles. The smallest absolute Gasteiger partial charge is 0.242 e. The van der Waals surface area contributed by atoms with E-state index in [1.54, 1.807) is 6.33 Å². The van der Waals surface area contributed by atoms with Crippen LogP contribution in [0.1, 0.15) is 45.1 Å². The number of nitrogens with zero attached hydrogens (tertiary/aromatic N) is 3. The topological polar surface area (TPSA) is 84.8 Å². The third-order valence-electron chi connectivity index (χ3n) is 7.24. The van der Waals surface area contributed by atoms with Gasteiger partial charge in [-0.1, -0.05) is 48.5 Å². The van der Waals surface area contributed by atoms with Crippen molar-refractivity contribution >= 4 is 11.6 Å². The Morgan fingerprint density at radius 3 is 2.61 bits per heavy atom. The number of hydrogen-bond donors (Lipinski definition) is 2. The number of hydrogen-bond acceptors (Lipinski definition) is 4. The molecule has 2 heterocycles. The number of benzene rings is 3. The van der Waals surface area contributed by atoms with E-state index in [0.29, 0.717) is 24.9 Å². The van der Waals surface area contributed by atoms with Crippen LogP contribution >= 0.6 is 0 Å². The fraction of sp³-hybridized carbons (Fsp3) is 0.233. The Morgan fingerprint density at radius 1 is 1.11 bits per heavy atom. The second kappa shape index (κ2) is 10.2. The highest BCUT2D eigenvalue weighted by Crippen LogP contribution is 2.34. The molecule has 0 saturated heterocycles. The van der Waals surface area contributed by atoms with Crippen molar-refractivity contribution in [2.45, 2.75) is 45.3 Å². The first-order valence-electron chi connectivity index (χ1n) is 12.2. The van der Waals surface area contributed by atoms with Crippen LogP contribution in [0.15, 0.2) is 79.3 Å². The number of aromatic amines is 1. The summed E-state index contributed by atoms with van der Waals surface area (Å²) in [6.07, 6.45) is 4.84. The van der Waals surface area contributed by atoms with E-state index in [4.69, 9.17) is 0 Å². The van der Waals surface area contributed by atoms with E-state index in [1.807, 2.05) is 55.6 Å². The lowest BCUT2D eigenvalue weighted by Gasteiger charge is -2.41. The number of nitriles is 1. The zero-order valence-corrected chi connectivity index (χ0v) is 20.5. The zero-order chi connectivity index (χ0) is 25.1. The van der Waals surface area contributed by atoms with Gasteiger partial charge < -0.3 is 10.3 Å². The minimum atomic E-state index is -0.355. The molecule has 0 aliphatic carbocycles. The molecule has 1 aliphatic rings. The summed E-state index contributed by atoms with van der Waals surface area (Å²) in [5, 5.41) is 12.4. The van der Waals surface area contributed by atoms with Gasteiger partial charge >= 0.3 is 0 Å². The molecule has 36 heavy (non-hydrogen) atoms. The van der Waals surface area contributed by atoms with Crippen LogP contribution in [0.25, 0.3) is 0 Å². The van der Waals surface area contributed by atoms with Crippen LogP contribution in [0.3, 0.4) is 0 Å². The fourth-order valence-corrected chi connectivity index (χ4v) is 5.01. The minimum Gasteiger partial charge on any atom is -0.347 e. The zero-order valence-electron chi connectivity index (χ0n) is 20.5. The predicted octanol–water partition coefficient (Wildman–Crippen LogP) is 5.25. The van der Waals surface area contributed by atoms with Crippen LogP contribution in [0.4, 0.5) is 5.69 Å². The summed E-state index contributed by atoms with van der Waals surface area (Å²) >= 11 is 0. The van der Waals surface area contributed by atoms with Gasteiger partial charge in [-0.2, -0.15) is 5.26 Å². The van der Waals surface area contributed by atoms with Gasteiger partial charge in [0.25, 0.3) is 0 Å². The second-order valence-electron chi connectivity index (χ2n) is 9.43. The van der Waals surface area contributed by atoms with Crippen LogP contribution in [-0.4, -0.2) is 26.8 Å². The molecule has 1 unspecified atom stereocenters. The van der Waals surface area contributed by atoms with E-state index >= 15 is 0 Å². The number of aryl methyl sites for hydroxylation is 1. The fourth-order valence-electron chi connectivity index (χ4n) is 5.01. The monoisotopic (exact) mass is 475 g/mol. The van der Waals surface area contributed by atoms with Gasteiger partial charge in [-0.3, -0.25) is 9.69 Å². The highest BCUT2D eigenvalue weighted by Gasteiger charge is 2.37.